The van der Waals surface area contributed by atoms with Gasteiger partial charge in [0.15, 0.2) is 11.5 Å². The fourth-order valence-corrected chi connectivity index (χ4v) is 3.60. The molecule has 4 aromatic rings. The monoisotopic (exact) mass is 417 g/mol. The smallest absolute Gasteiger partial charge is 0.261 e. The van der Waals surface area contributed by atoms with E-state index in [0.717, 1.165) is 16.5 Å². The molecule has 0 saturated carbocycles. The second kappa shape index (κ2) is 8.87. The zero-order chi connectivity index (χ0) is 21.8. The van der Waals surface area contributed by atoms with Gasteiger partial charge in [-0.3, -0.25) is 14.2 Å². The summed E-state index contributed by atoms with van der Waals surface area (Å²) in [5.41, 5.74) is 1.14. The molecule has 0 aliphatic heterocycles. The Labute approximate surface area is 179 Å². The zero-order valence-electron chi connectivity index (χ0n) is 17.4. The molecule has 1 amide bonds. The molecule has 0 atom stereocenters. The summed E-state index contributed by atoms with van der Waals surface area (Å²) in [6.07, 6.45) is 2.30. The third-order valence-electron chi connectivity index (χ3n) is 5.20. The van der Waals surface area contributed by atoms with Crippen LogP contribution in [0.25, 0.3) is 21.7 Å². The predicted octanol–water partition coefficient (Wildman–Crippen LogP) is 3.99. The van der Waals surface area contributed by atoms with E-state index in [4.69, 9.17) is 9.47 Å². The topological polar surface area (TPSA) is 82.5 Å². The Balaban J connectivity index is 1.45. The quantitative estimate of drug-likeness (QED) is 0.492. The number of benzene rings is 3. The minimum absolute atomic E-state index is 0.0930. The molecular formula is C24H23N3O4. The molecule has 158 valence electrons. The number of ether oxygens (including phenoxy) is 2. The van der Waals surface area contributed by atoms with Crippen molar-refractivity contribution in [2.24, 2.45) is 0 Å². The number of aromatic nitrogens is 2. The Bertz CT molecular complexity index is 1310. The molecule has 0 bridgehead atoms. The van der Waals surface area contributed by atoms with Gasteiger partial charge in [0.2, 0.25) is 5.91 Å². The Morgan fingerprint density at radius 2 is 1.74 bits per heavy atom. The number of methoxy groups -OCH3 is 2. The number of hydrogen-bond donors (Lipinski definition) is 1. The number of hydrogen-bond acceptors (Lipinski definition) is 5. The van der Waals surface area contributed by atoms with Gasteiger partial charge in [-0.15, -0.1) is 0 Å². The Morgan fingerprint density at radius 1 is 1.00 bits per heavy atom. The van der Waals surface area contributed by atoms with Gasteiger partial charge in [-0.05, 0) is 23.9 Å². The van der Waals surface area contributed by atoms with Gasteiger partial charge in [0.05, 0.1) is 31.4 Å². The van der Waals surface area contributed by atoms with Gasteiger partial charge >= 0.3 is 0 Å². The SMILES string of the molecule is COc1cc2ncn(CCCC(=O)Nc3cccc4ccccc34)c(=O)c2cc1OC. The minimum Gasteiger partial charge on any atom is -0.493 e. The molecule has 31 heavy (non-hydrogen) atoms. The number of nitrogens with zero attached hydrogens (tertiary/aromatic N) is 2. The Kier molecular flexibility index (Phi) is 5.84. The Hall–Kier alpha value is -3.87. The lowest BCUT2D eigenvalue weighted by Gasteiger charge is -2.11. The number of carbonyl (C=O) groups is 1. The normalized spacial score (nSPS) is 10.9. The maximum absolute atomic E-state index is 12.8. The van der Waals surface area contributed by atoms with E-state index in [2.05, 4.69) is 10.3 Å². The van der Waals surface area contributed by atoms with E-state index in [9.17, 15) is 9.59 Å². The van der Waals surface area contributed by atoms with E-state index in [0.29, 0.717) is 41.8 Å². The van der Waals surface area contributed by atoms with E-state index in [1.807, 2.05) is 42.5 Å². The molecule has 0 unspecified atom stereocenters. The highest BCUT2D eigenvalue weighted by atomic mass is 16.5. The van der Waals surface area contributed by atoms with Crippen LogP contribution in [0.4, 0.5) is 5.69 Å². The molecule has 0 radical (unpaired) electrons. The van der Waals surface area contributed by atoms with Crippen molar-refractivity contribution < 1.29 is 14.3 Å². The van der Waals surface area contributed by atoms with Gasteiger partial charge in [0.25, 0.3) is 5.56 Å². The van der Waals surface area contributed by atoms with Crippen molar-refractivity contribution in [2.75, 3.05) is 19.5 Å². The number of fused-ring (bicyclic) bond motifs is 2. The summed E-state index contributed by atoms with van der Waals surface area (Å²) in [6, 6.07) is 17.0. The fourth-order valence-electron chi connectivity index (χ4n) is 3.60. The molecule has 0 aliphatic rings. The summed E-state index contributed by atoms with van der Waals surface area (Å²) in [5, 5.41) is 5.48. The highest BCUT2D eigenvalue weighted by molar-refractivity contribution is 6.02. The van der Waals surface area contributed by atoms with E-state index in [-0.39, 0.29) is 11.5 Å². The number of anilines is 1. The molecule has 4 rings (SSSR count). The molecule has 7 heteroatoms. The van der Waals surface area contributed by atoms with Gasteiger partial charge < -0.3 is 14.8 Å². The summed E-state index contributed by atoms with van der Waals surface area (Å²) in [5.74, 6) is 0.899. The second-order valence-corrected chi connectivity index (χ2v) is 7.15. The van der Waals surface area contributed by atoms with Crippen LogP contribution < -0.4 is 20.3 Å². The van der Waals surface area contributed by atoms with Crippen molar-refractivity contribution in [1.29, 1.82) is 0 Å². The lowest BCUT2D eigenvalue weighted by molar-refractivity contribution is -0.116. The number of carbonyl (C=O) groups excluding carboxylic acids is 1. The van der Waals surface area contributed by atoms with Crippen LogP contribution in [0.3, 0.4) is 0 Å². The van der Waals surface area contributed by atoms with Gasteiger partial charge in [0, 0.05) is 30.1 Å². The van der Waals surface area contributed by atoms with Gasteiger partial charge in [0.1, 0.15) is 0 Å². The third-order valence-corrected chi connectivity index (χ3v) is 5.20. The van der Waals surface area contributed by atoms with E-state index in [1.165, 1.54) is 25.1 Å². The molecule has 0 saturated heterocycles. The van der Waals surface area contributed by atoms with Crippen molar-refractivity contribution >= 4 is 33.3 Å². The summed E-state index contributed by atoms with van der Waals surface area (Å²) in [7, 11) is 3.06. The van der Waals surface area contributed by atoms with Crippen molar-refractivity contribution in [3.8, 4) is 11.5 Å². The van der Waals surface area contributed by atoms with E-state index < -0.39 is 0 Å². The number of nitrogens with one attached hydrogen (secondary N) is 1. The van der Waals surface area contributed by atoms with Crippen LogP contribution in [-0.2, 0) is 11.3 Å². The minimum atomic E-state index is -0.180. The van der Waals surface area contributed by atoms with Crippen molar-refractivity contribution in [2.45, 2.75) is 19.4 Å². The highest BCUT2D eigenvalue weighted by Crippen LogP contribution is 2.29. The van der Waals surface area contributed by atoms with Crippen LogP contribution in [0, 0.1) is 0 Å². The highest BCUT2D eigenvalue weighted by Gasteiger charge is 2.12. The molecule has 3 aromatic carbocycles. The van der Waals surface area contributed by atoms with Gasteiger partial charge in [-0.25, -0.2) is 4.98 Å². The first kappa shape index (κ1) is 20.4. The molecule has 0 fully saturated rings. The van der Waals surface area contributed by atoms with Crippen LogP contribution in [0.1, 0.15) is 12.8 Å². The lowest BCUT2D eigenvalue weighted by atomic mass is 10.1. The number of amides is 1. The summed E-state index contributed by atoms with van der Waals surface area (Å²) >= 11 is 0. The average Bonchev–Trinajstić information content (AvgIpc) is 2.80. The van der Waals surface area contributed by atoms with Crippen LogP contribution >= 0.6 is 0 Å². The molecule has 1 aromatic heterocycles. The number of rotatable bonds is 7. The van der Waals surface area contributed by atoms with Gasteiger partial charge in [-0.2, -0.15) is 0 Å². The average molecular weight is 417 g/mol. The predicted molar refractivity (Wildman–Crippen MR) is 121 cm³/mol. The standard InChI is InChI=1S/C24H23N3O4/c1-30-21-13-18-20(14-22(21)31-2)25-15-27(24(18)29)12-6-11-23(28)26-19-10-5-8-16-7-3-4-9-17(16)19/h3-5,7-10,13-15H,6,11-12H2,1-2H3,(H,26,28). The summed E-state index contributed by atoms with van der Waals surface area (Å²) < 4.78 is 12.1. The van der Waals surface area contributed by atoms with Crippen LogP contribution in [-0.4, -0.2) is 29.7 Å². The van der Waals surface area contributed by atoms with E-state index >= 15 is 0 Å². The fraction of sp³-hybridized carbons (Fsp3) is 0.208. The van der Waals surface area contributed by atoms with Crippen molar-refractivity contribution in [3.63, 3.8) is 0 Å². The lowest BCUT2D eigenvalue weighted by Crippen LogP contribution is -2.22. The van der Waals surface area contributed by atoms with E-state index in [1.54, 1.807) is 12.1 Å². The largest absolute Gasteiger partial charge is 0.493 e. The zero-order valence-corrected chi connectivity index (χ0v) is 17.4. The maximum atomic E-state index is 12.8. The van der Waals surface area contributed by atoms with Crippen molar-refractivity contribution in [3.05, 3.63) is 71.3 Å². The van der Waals surface area contributed by atoms with Gasteiger partial charge in [-0.1, -0.05) is 36.4 Å². The molecule has 1 heterocycles. The third kappa shape index (κ3) is 4.21. The maximum Gasteiger partial charge on any atom is 0.261 e. The molecule has 7 nitrogen and oxygen atoms in total. The molecule has 0 aliphatic carbocycles. The summed E-state index contributed by atoms with van der Waals surface area (Å²) in [6.45, 7) is 0.388. The number of aryl methyl sites for hydroxylation is 1. The van der Waals surface area contributed by atoms with Crippen LogP contribution in [0.5, 0.6) is 11.5 Å². The molecular weight excluding hydrogens is 394 g/mol. The summed E-state index contributed by atoms with van der Waals surface area (Å²) in [4.78, 5) is 29.6. The van der Waals surface area contributed by atoms with Crippen LogP contribution in [0.2, 0.25) is 0 Å². The molecule has 1 N–H and O–H groups in total. The first-order valence-electron chi connectivity index (χ1n) is 9.99. The van der Waals surface area contributed by atoms with Crippen molar-refractivity contribution in [1.82, 2.24) is 9.55 Å². The van der Waals surface area contributed by atoms with Crippen LogP contribution in [0.15, 0.2) is 65.7 Å². The first-order valence-corrected chi connectivity index (χ1v) is 9.99. The second-order valence-electron chi connectivity index (χ2n) is 7.15. The molecule has 0 spiro atoms. The first-order chi connectivity index (χ1) is 15.1. The Morgan fingerprint density at radius 3 is 2.55 bits per heavy atom.